The molecule has 0 aliphatic heterocycles. The first-order valence-corrected chi connectivity index (χ1v) is 10.0. The van der Waals surface area contributed by atoms with Crippen molar-refractivity contribution < 1.29 is 14.5 Å². The second-order valence-corrected chi connectivity index (χ2v) is 7.28. The molecule has 0 atom stereocenters. The molecule has 0 aliphatic rings. The van der Waals surface area contributed by atoms with Crippen molar-refractivity contribution in [3.05, 3.63) is 75.1 Å². The van der Waals surface area contributed by atoms with Gasteiger partial charge in [-0.2, -0.15) is 0 Å². The Morgan fingerprint density at radius 3 is 2.69 bits per heavy atom. The average Bonchev–Trinajstić information content (AvgIpc) is 3.13. The number of nitrogens with zero attached hydrogens (tertiary/aromatic N) is 4. The fourth-order valence-corrected chi connectivity index (χ4v) is 3.58. The maximum Gasteiger partial charge on any atom is 0.270 e. The molecule has 29 heavy (non-hydrogen) atoms. The number of benzene rings is 2. The smallest absolute Gasteiger partial charge is 0.270 e. The van der Waals surface area contributed by atoms with Crippen molar-refractivity contribution in [3.63, 3.8) is 0 Å². The molecule has 1 aromatic heterocycles. The Morgan fingerprint density at radius 1 is 1.24 bits per heavy atom. The van der Waals surface area contributed by atoms with E-state index in [1.807, 2.05) is 11.5 Å². The van der Waals surface area contributed by atoms with Gasteiger partial charge in [-0.05, 0) is 31.2 Å². The van der Waals surface area contributed by atoms with E-state index in [1.54, 1.807) is 30.3 Å². The molecule has 0 spiro atoms. The number of Topliss-reactive ketones (excluding diaryl/α,β-unsaturated/α-hetero) is 1. The normalized spacial score (nSPS) is 10.7. The Kier molecular flexibility index (Phi) is 6.84. The average molecular weight is 433 g/mol. The molecule has 8 nitrogen and oxygen atoms in total. The van der Waals surface area contributed by atoms with Crippen LogP contribution in [0.15, 0.2) is 53.7 Å². The second-order valence-electron chi connectivity index (χ2n) is 5.90. The number of carbonyl (C=O) groups is 1. The molecule has 150 valence electrons. The van der Waals surface area contributed by atoms with E-state index in [0.717, 1.165) is 0 Å². The summed E-state index contributed by atoms with van der Waals surface area (Å²) >= 11 is 7.09. The fraction of sp³-hybridized carbons (Fsp3) is 0.211. The molecular weight excluding hydrogens is 416 g/mol. The van der Waals surface area contributed by atoms with Gasteiger partial charge in [0.05, 0.1) is 10.7 Å². The number of hydrogen-bond donors (Lipinski definition) is 0. The zero-order valence-electron chi connectivity index (χ0n) is 15.4. The summed E-state index contributed by atoms with van der Waals surface area (Å²) in [7, 11) is 0. The fourth-order valence-electron chi connectivity index (χ4n) is 2.54. The highest BCUT2D eigenvalue weighted by Gasteiger charge is 2.16. The van der Waals surface area contributed by atoms with Crippen LogP contribution in [0, 0.1) is 10.1 Å². The number of ether oxygens (including phenoxy) is 1. The van der Waals surface area contributed by atoms with E-state index in [9.17, 15) is 14.9 Å². The van der Waals surface area contributed by atoms with Crippen LogP contribution < -0.4 is 4.74 Å². The van der Waals surface area contributed by atoms with Gasteiger partial charge in [0.1, 0.15) is 12.4 Å². The number of halogens is 1. The van der Waals surface area contributed by atoms with Gasteiger partial charge in [0, 0.05) is 29.3 Å². The summed E-state index contributed by atoms with van der Waals surface area (Å²) in [6.45, 7) is 2.78. The largest absolute Gasteiger partial charge is 0.486 e. The molecule has 3 rings (SSSR count). The van der Waals surface area contributed by atoms with E-state index in [0.29, 0.717) is 33.9 Å². The van der Waals surface area contributed by atoms with Crippen LogP contribution in [0.3, 0.4) is 0 Å². The van der Waals surface area contributed by atoms with Crippen molar-refractivity contribution in [2.75, 3.05) is 5.75 Å². The van der Waals surface area contributed by atoms with Crippen molar-refractivity contribution in [1.82, 2.24) is 14.8 Å². The molecule has 0 bridgehead atoms. The van der Waals surface area contributed by atoms with E-state index in [1.165, 1.54) is 30.0 Å². The maximum absolute atomic E-state index is 12.4. The maximum atomic E-state index is 12.4. The van der Waals surface area contributed by atoms with Crippen LogP contribution in [-0.2, 0) is 13.2 Å². The summed E-state index contributed by atoms with van der Waals surface area (Å²) < 4.78 is 7.57. The van der Waals surface area contributed by atoms with Gasteiger partial charge in [-0.25, -0.2) is 0 Å². The molecule has 1 heterocycles. The number of thioether (sulfide) groups is 1. The molecule has 3 aromatic rings. The zero-order valence-corrected chi connectivity index (χ0v) is 17.0. The Bertz CT molecular complexity index is 1020. The lowest BCUT2D eigenvalue weighted by atomic mass is 10.1. The number of carbonyl (C=O) groups excluding carboxylic acids is 1. The van der Waals surface area contributed by atoms with Crippen molar-refractivity contribution in [2.24, 2.45) is 0 Å². The van der Waals surface area contributed by atoms with Gasteiger partial charge in [0.15, 0.2) is 16.8 Å². The Labute approximate surface area is 176 Å². The van der Waals surface area contributed by atoms with Crippen molar-refractivity contribution in [2.45, 2.75) is 25.2 Å². The third kappa shape index (κ3) is 5.33. The van der Waals surface area contributed by atoms with Crippen LogP contribution in [-0.4, -0.2) is 31.2 Å². The number of non-ortho nitro benzene ring substituents is 1. The minimum Gasteiger partial charge on any atom is -0.486 e. The van der Waals surface area contributed by atoms with Crippen LogP contribution in [0.4, 0.5) is 5.69 Å². The topological polar surface area (TPSA) is 100 Å². The third-order valence-electron chi connectivity index (χ3n) is 4.00. The lowest BCUT2D eigenvalue weighted by Crippen LogP contribution is -2.08. The molecule has 0 saturated carbocycles. The first-order chi connectivity index (χ1) is 14.0. The summed E-state index contributed by atoms with van der Waals surface area (Å²) in [5.41, 5.74) is 0.180. The molecule has 0 fully saturated rings. The molecule has 10 heteroatoms. The van der Waals surface area contributed by atoms with Gasteiger partial charge in [0.2, 0.25) is 0 Å². The summed E-state index contributed by atoms with van der Waals surface area (Å²) in [6, 6.07) is 12.7. The van der Waals surface area contributed by atoms with Gasteiger partial charge >= 0.3 is 0 Å². The van der Waals surface area contributed by atoms with E-state index in [2.05, 4.69) is 10.2 Å². The predicted molar refractivity (Wildman–Crippen MR) is 110 cm³/mol. The van der Waals surface area contributed by atoms with Gasteiger partial charge in [0.25, 0.3) is 5.69 Å². The summed E-state index contributed by atoms with van der Waals surface area (Å²) in [5, 5.41) is 20.4. The van der Waals surface area contributed by atoms with Crippen LogP contribution in [0.1, 0.15) is 23.1 Å². The first-order valence-electron chi connectivity index (χ1n) is 8.69. The van der Waals surface area contributed by atoms with E-state index >= 15 is 0 Å². The lowest BCUT2D eigenvalue weighted by Gasteiger charge is -2.09. The highest BCUT2D eigenvalue weighted by molar-refractivity contribution is 7.99. The molecular formula is C19H17ClN4O4S. The lowest BCUT2D eigenvalue weighted by molar-refractivity contribution is -0.384. The number of nitro benzene ring substituents is 1. The Morgan fingerprint density at radius 2 is 2.00 bits per heavy atom. The van der Waals surface area contributed by atoms with Gasteiger partial charge in [-0.3, -0.25) is 14.9 Å². The Balaban J connectivity index is 1.64. The molecule has 0 aliphatic carbocycles. The predicted octanol–water partition coefficient (Wildman–Crippen LogP) is 4.41. The molecule has 0 amide bonds. The van der Waals surface area contributed by atoms with Crippen LogP contribution in [0.25, 0.3) is 0 Å². The SMILES string of the molecule is CCn1c(COc2ccc(Cl)cc2)nnc1SCC(=O)c1cccc([N+](=O)[O-])c1. The van der Waals surface area contributed by atoms with Crippen molar-refractivity contribution in [3.8, 4) is 5.75 Å². The van der Waals surface area contributed by atoms with Crippen molar-refractivity contribution in [1.29, 1.82) is 0 Å². The minimum atomic E-state index is -0.523. The first kappa shape index (κ1) is 20.8. The number of ketones is 1. The van der Waals surface area contributed by atoms with Crippen LogP contribution in [0.2, 0.25) is 5.02 Å². The number of aromatic nitrogens is 3. The van der Waals surface area contributed by atoms with Crippen LogP contribution >= 0.6 is 23.4 Å². The van der Waals surface area contributed by atoms with E-state index < -0.39 is 4.92 Å². The van der Waals surface area contributed by atoms with E-state index in [4.69, 9.17) is 16.3 Å². The molecule has 0 N–H and O–H groups in total. The molecule has 0 unspecified atom stereocenters. The zero-order chi connectivity index (χ0) is 20.8. The molecule has 0 saturated heterocycles. The highest BCUT2D eigenvalue weighted by Crippen LogP contribution is 2.22. The van der Waals surface area contributed by atoms with Gasteiger partial charge in [-0.15, -0.1) is 10.2 Å². The number of nitro groups is 1. The summed E-state index contributed by atoms with van der Waals surface area (Å²) in [6.07, 6.45) is 0. The van der Waals surface area contributed by atoms with Crippen molar-refractivity contribution >= 4 is 34.8 Å². The summed E-state index contributed by atoms with van der Waals surface area (Å²) in [5.74, 6) is 1.17. The third-order valence-corrected chi connectivity index (χ3v) is 5.22. The standard InChI is InChI=1S/C19H17ClN4O4S/c1-2-23-18(11-28-16-8-6-14(20)7-9-16)21-22-19(23)29-12-17(25)13-4-3-5-15(10-13)24(26)27/h3-10H,2,11-12H2,1H3. The molecule has 2 aromatic carbocycles. The monoisotopic (exact) mass is 432 g/mol. The number of rotatable bonds is 9. The summed E-state index contributed by atoms with van der Waals surface area (Å²) in [4.78, 5) is 22.7. The van der Waals surface area contributed by atoms with Gasteiger partial charge in [-0.1, -0.05) is 35.5 Å². The molecule has 0 radical (unpaired) electrons. The quantitative estimate of drug-likeness (QED) is 0.213. The second kappa shape index (κ2) is 9.53. The number of hydrogen-bond acceptors (Lipinski definition) is 7. The Hall–Kier alpha value is -2.91. The van der Waals surface area contributed by atoms with E-state index in [-0.39, 0.29) is 23.8 Å². The van der Waals surface area contributed by atoms with Crippen LogP contribution in [0.5, 0.6) is 5.75 Å². The minimum absolute atomic E-state index is 0.0946. The highest BCUT2D eigenvalue weighted by atomic mass is 35.5. The van der Waals surface area contributed by atoms with Gasteiger partial charge < -0.3 is 9.30 Å².